The molecule has 0 amide bonds. The topological polar surface area (TPSA) is 188 Å². The number of ether oxygens (including phenoxy) is 8. The first kappa shape index (κ1) is 43.6. The molecule has 1 spiro atoms. The Bertz CT molecular complexity index is 2530. The first-order valence-corrected chi connectivity index (χ1v) is 22.4. The molecule has 0 radical (unpaired) electrons. The number of hydrogen-bond acceptors (Lipinski definition) is 17. The van der Waals surface area contributed by atoms with Crippen LogP contribution in [0.5, 0.6) is 40.2 Å². The van der Waals surface area contributed by atoms with Gasteiger partial charge in [-0.1, -0.05) is 12.1 Å². The number of aryl methyl sites for hydroxylation is 1. The van der Waals surface area contributed by atoms with Gasteiger partial charge in [0.15, 0.2) is 40.0 Å². The number of aromatic hydroxyl groups is 1. The lowest BCUT2D eigenvalue weighted by molar-refractivity contribution is -0.157. The second-order valence-corrected chi connectivity index (χ2v) is 19.1. The lowest BCUT2D eigenvalue weighted by Gasteiger charge is -2.62. The van der Waals surface area contributed by atoms with Gasteiger partial charge in [-0.05, 0) is 81.8 Å². The molecule has 338 valence electrons. The Kier molecular flexibility index (Phi) is 11.0. The van der Waals surface area contributed by atoms with E-state index in [4.69, 9.17) is 37.9 Å². The number of benzene rings is 3. The summed E-state index contributed by atoms with van der Waals surface area (Å²) in [7, 11) is 2.98. The van der Waals surface area contributed by atoms with Crippen LogP contribution in [0.15, 0.2) is 30.9 Å². The zero-order valence-electron chi connectivity index (χ0n) is 37.1. The second kappa shape index (κ2) is 16.1. The number of carbonyl (C=O) groups is 3. The van der Waals surface area contributed by atoms with E-state index in [1.54, 1.807) is 39.0 Å². The normalized spacial score (nSPS) is 26.6. The van der Waals surface area contributed by atoms with Crippen LogP contribution in [0.1, 0.15) is 89.5 Å². The molecule has 10 rings (SSSR count). The summed E-state index contributed by atoms with van der Waals surface area (Å²) in [4.78, 5) is 45.5. The first-order chi connectivity index (χ1) is 30.6. The van der Waals surface area contributed by atoms with E-state index in [2.05, 4.69) is 27.8 Å². The molecule has 0 aromatic heterocycles. The fourth-order valence-electron chi connectivity index (χ4n) is 10.9. The van der Waals surface area contributed by atoms with Crippen molar-refractivity contribution in [1.82, 2.24) is 15.1 Å². The van der Waals surface area contributed by atoms with Crippen molar-refractivity contribution in [3.8, 4) is 46.3 Å². The van der Waals surface area contributed by atoms with Crippen LogP contribution in [0.2, 0.25) is 0 Å². The first-order valence-electron chi connectivity index (χ1n) is 21.3. The lowest BCUT2D eigenvalue weighted by Crippen LogP contribution is -2.70. The Labute approximate surface area is 375 Å². The summed E-state index contributed by atoms with van der Waals surface area (Å²) in [5, 5.41) is 26.5. The number of thioether (sulfide) groups is 1. The quantitative estimate of drug-likeness (QED) is 0.124. The number of phenols is 1. The van der Waals surface area contributed by atoms with Crippen molar-refractivity contribution < 1.29 is 57.4 Å². The van der Waals surface area contributed by atoms with Gasteiger partial charge in [0, 0.05) is 60.1 Å². The Morgan fingerprint density at radius 1 is 1.05 bits per heavy atom. The molecule has 0 saturated carbocycles. The maximum Gasteiger partial charge on any atom is 0.514 e. The third-order valence-corrected chi connectivity index (χ3v) is 14.6. The van der Waals surface area contributed by atoms with Crippen LogP contribution in [0.25, 0.3) is 0 Å². The number of nitrogens with one attached hydrogen (secondary N) is 1. The predicted molar refractivity (Wildman–Crippen MR) is 232 cm³/mol. The molecule has 3 aromatic rings. The van der Waals surface area contributed by atoms with Crippen molar-refractivity contribution >= 4 is 29.9 Å². The molecular weight excluding hydrogens is 845 g/mol. The molecule has 0 aliphatic carbocycles. The number of hydrogen-bond donors (Lipinski definition) is 2. The van der Waals surface area contributed by atoms with E-state index in [1.165, 1.54) is 32.9 Å². The van der Waals surface area contributed by atoms with Crippen LogP contribution in [0.4, 0.5) is 4.79 Å². The Morgan fingerprint density at radius 2 is 1.81 bits per heavy atom. The van der Waals surface area contributed by atoms with Gasteiger partial charge < -0.3 is 43.0 Å². The molecule has 2 saturated heterocycles. The molecule has 64 heavy (non-hydrogen) atoms. The highest BCUT2D eigenvalue weighted by atomic mass is 32.2. The van der Waals surface area contributed by atoms with Gasteiger partial charge in [0.1, 0.15) is 24.0 Å². The molecule has 1 unspecified atom stereocenters. The summed E-state index contributed by atoms with van der Waals surface area (Å²) in [5.74, 6) is 0.803. The zero-order chi connectivity index (χ0) is 45.6. The third kappa shape index (κ3) is 6.71. The van der Waals surface area contributed by atoms with Gasteiger partial charge in [0.25, 0.3) is 0 Å². The maximum absolute atomic E-state index is 15.1. The van der Waals surface area contributed by atoms with Crippen molar-refractivity contribution in [1.29, 1.82) is 5.26 Å². The summed E-state index contributed by atoms with van der Waals surface area (Å²) in [6.45, 7) is 14.8. The fourth-order valence-corrected chi connectivity index (χ4v) is 12.6. The maximum atomic E-state index is 15.1. The largest absolute Gasteiger partial charge is 0.514 e. The van der Waals surface area contributed by atoms with E-state index < -0.39 is 58.7 Å². The van der Waals surface area contributed by atoms with Crippen molar-refractivity contribution in [2.45, 2.75) is 101 Å². The van der Waals surface area contributed by atoms with Gasteiger partial charge in [0.2, 0.25) is 6.79 Å². The molecule has 7 heterocycles. The Hall–Kier alpha value is -5.67. The highest BCUT2D eigenvalue weighted by Crippen LogP contribution is 2.65. The molecule has 7 atom stereocenters. The minimum atomic E-state index is -1.47. The number of fused-ring (bicyclic) bond motifs is 9. The van der Waals surface area contributed by atoms with Gasteiger partial charge in [0.05, 0.1) is 37.6 Å². The van der Waals surface area contributed by atoms with E-state index >= 15 is 4.79 Å². The van der Waals surface area contributed by atoms with Crippen LogP contribution in [-0.2, 0) is 37.4 Å². The van der Waals surface area contributed by atoms with Crippen LogP contribution in [0, 0.1) is 25.2 Å². The van der Waals surface area contributed by atoms with Crippen LogP contribution >= 0.6 is 11.8 Å². The lowest BCUT2D eigenvalue weighted by atomic mass is 9.71. The number of esters is 2. The number of nitrogens with zero attached hydrogens (tertiary/aromatic N) is 3. The van der Waals surface area contributed by atoms with Crippen LogP contribution in [-0.4, -0.2) is 103 Å². The van der Waals surface area contributed by atoms with E-state index in [0.717, 1.165) is 16.7 Å². The highest BCUT2D eigenvalue weighted by Gasteiger charge is 2.62. The van der Waals surface area contributed by atoms with Crippen LogP contribution in [0.3, 0.4) is 0 Å². The molecule has 2 fully saturated rings. The summed E-state index contributed by atoms with van der Waals surface area (Å²) < 4.78 is 47.8. The molecule has 16 nitrogen and oxygen atoms in total. The molecule has 7 aliphatic rings. The fraction of sp³-hybridized carbons (Fsp3) is 0.489. The SMILES string of the molecule is C=CCN1[C@@H]2c3c(cc(C)c(OC)c3O)C[C@@H]1[C@H](C#N)N1C2[C@@H]2SC[C@]3(NCCc4cc(OC(=O)OC(C)(C)C)c(OC)cc43)C(=O)OC[C@@H]1c1c3c(c(C)c(OC(C)=O)c12)OCO3. The average molecular weight is 897 g/mol. The summed E-state index contributed by atoms with van der Waals surface area (Å²) in [5.41, 5.74) is 3.18. The van der Waals surface area contributed by atoms with Gasteiger partial charge in [-0.3, -0.25) is 19.9 Å². The molecule has 2 N–H and O–H groups in total. The van der Waals surface area contributed by atoms with E-state index in [9.17, 15) is 20.0 Å². The Morgan fingerprint density at radius 3 is 2.50 bits per heavy atom. The van der Waals surface area contributed by atoms with Crippen molar-refractivity contribution in [2.75, 3.05) is 46.5 Å². The van der Waals surface area contributed by atoms with Gasteiger partial charge >= 0.3 is 18.1 Å². The van der Waals surface area contributed by atoms with Gasteiger partial charge in [-0.15, -0.1) is 18.3 Å². The third-order valence-electron chi connectivity index (χ3n) is 13.2. The van der Waals surface area contributed by atoms with Crippen molar-refractivity contribution in [3.63, 3.8) is 0 Å². The summed E-state index contributed by atoms with van der Waals surface area (Å²) in [6.07, 6.45) is 1.82. The number of piperazine rings is 1. The Balaban J connectivity index is 1.28. The zero-order valence-corrected chi connectivity index (χ0v) is 37.9. The standard InChI is InChI=1S/C47H52N4O12S/c1-10-13-50-28-15-26-14-22(2)39(57-9)38(53)33(26)36(50)37-43-35-34(42-41(59-21-60-42)23(3)40(35)61-24(4)52)30(51(37)29(28)18-48)19-58-44(54)47(20-64-43)27-17-31(56-8)32(16-25(27)11-12-49-47)62-45(55)63-46(5,6)7/h10,14,16-17,28-30,36-37,43,49,53H,1,11-13,15,19-21H2,2-9H3/t28-,29+,30-,36-,37?,43-,47-/m1/s1. The molecule has 4 bridgehead atoms. The van der Waals surface area contributed by atoms with E-state index in [1.807, 2.05) is 19.9 Å². The van der Waals surface area contributed by atoms with E-state index in [0.29, 0.717) is 76.7 Å². The molecule has 3 aromatic carbocycles. The number of methoxy groups -OCH3 is 2. The summed E-state index contributed by atoms with van der Waals surface area (Å²) in [6, 6.07) is 4.96. The average Bonchev–Trinajstić information content (AvgIpc) is 3.73. The molecular formula is C47H52N4O12S. The van der Waals surface area contributed by atoms with Crippen molar-refractivity contribution in [3.05, 3.63) is 75.4 Å². The molecule has 7 aliphatic heterocycles. The minimum Gasteiger partial charge on any atom is -0.504 e. The minimum absolute atomic E-state index is 0.00732. The summed E-state index contributed by atoms with van der Waals surface area (Å²) >= 11 is 1.45. The smallest absolute Gasteiger partial charge is 0.504 e. The second-order valence-electron chi connectivity index (χ2n) is 18.0. The van der Waals surface area contributed by atoms with Gasteiger partial charge in [-0.2, -0.15) is 5.26 Å². The molecule has 17 heteroatoms. The monoisotopic (exact) mass is 896 g/mol. The number of carbonyl (C=O) groups excluding carboxylic acids is 3. The van der Waals surface area contributed by atoms with Gasteiger partial charge in [-0.25, -0.2) is 9.59 Å². The van der Waals surface area contributed by atoms with Crippen LogP contribution < -0.4 is 33.7 Å². The highest BCUT2D eigenvalue weighted by molar-refractivity contribution is 7.99. The number of phenolic OH excluding ortho intramolecular Hbond substituents is 1. The predicted octanol–water partition coefficient (Wildman–Crippen LogP) is 6.15. The van der Waals surface area contributed by atoms with E-state index in [-0.39, 0.29) is 42.4 Å². The van der Waals surface area contributed by atoms with Crippen molar-refractivity contribution in [2.24, 2.45) is 0 Å². The number of nitriles is 1. The number of rotatable bonds is 6.